The molecule has 1 fully saturated rings. The number of phenolic OH excluding ortho intramolecular Hbond substituents is 1. The van der Waals surface area contributed by atoms with Crippen LogP contribution in [0.15, 0.2) is 24.3 Å². The molecule has 0 aromatic heterocycles. The number of unbranched alkanes of at least 4 members (excludes halogenated alkanes) is 2. The van der Waals surface area contributed by atoms with Crippen LogP contribution in [0.5, 0.6) is 5.75 Å². The first-order chi connectivity index (χ1) is 60.2. The van der Waals surface area contributed by atoms with Gasteiger partial charge in [-0.1, -0.05) is 12.1 Å². The van der Waals surface area contributed by atoms with E-state index in [0.29, 0.717) is 44.2 Å². The average molecular weight is 1830 g/mol. The van der Waals surface area contributed by atoms with Crippen LogP contribution in [0.1, 0.15) is 175 Å². The van der Waals surface area contributed by atoms with Gasteiger partial charge in [-0.15, -0.1) is 0 Å². The fraction of sp³-hybridized carbons (Fsp3) is 0.637. The van der Waals surface area contributed by atoms with Gasteiger partial charge in [0.05, 0.1) is 13.1 Å². The second-order valence-corrected chi connectivity index (χ2v) is 31.6. The van der Waals surface area contributed by atoms with Crippen molar-refractivity contribution in [1.82, 2.24) is 117 Å². The topological polar surface area (TPSA) is 747 Å². The smallest absolute Gasteiger partial charge is 0.245 e. The van der Waals surface area contributed by atoms with Crippen molar-refractivity contribution in [2.24, 2.45) is 17.2 Å². The van der Waals surface area contributed by atoms with E-state index in [9.17, 15) is 115 Å². The molecule has 0 aliphatic carbocycles. The Bertz CT molecular complexity index is 4180. The second kappa shape index (κ2) is 55.4. The molecule has 720 valence electrons. The molecular formula is C80H131N25O24. The van der Waals surface area contributed by atoms with Crippen LogP contribution in [-0.2, 0) is 117 Å². The third-order valence-corrected chi connectivity index (χ3v) is 20.0. The highest BCUT2D eigenvalue weighted by Gasteiger charge is 2.39. The van der Waals surface area contributed by atoms with Crippen LogP contribution < -0.4 is 129 Å². The highest BCUT2D eigenvalue weighted by Crippen LogP contribution is 2.19. The molecule has 2 rings (SSSR count). The predicted molar refractivity (Wildman–Crippen MR) is 461 cm³/mol. The third-order valence-electron chi connectivity index (χ3n) is 20.0. The summed E-state index contributed by atoms with van der Waals surface area (Å²) in [4.78, 5) is 301. The van der Waals surface area contributed by atoms with Gasteiger partial charge in [-0.3, -0.25) is 110 Å². The van der Waals surface area contributed by atoms with E-state index in [0.717, 1.165) is 0 Å². The van der Waals surface area contributed by atoms with E-state index in [1.807, 2.05) is 0 Å². The molecule has 0 radical (unpaired) electrons. The van der Waals surface area contributed by atoms with Crippen LogP contribution in [0, 0.1) is 0 Å². The summed E-state index contributed by atoms with van der Waals surface area (Å²) >= 11 is 0. The Morgan fingerprint density at radius 3 is 0.899 bits per heavy atom. The van der Waals surface area contributed by atoms with Crippen molar-refractivity contribution in [3.63, 3.8) is 0 Å². The molecule has 0 saturated carbocycles. The standard InChI is InChI=1S/C80H131N25O24/c1-36(62(111)87-37(2)63(112)88-38(3)64(113)89-39(4)65(114)90-41(6)67(116)93-44(9)70(119)96-47(12)73(122)99-50(15)76(125)104-55(61(83)110)23-18-20-30-81)86-59(108)34-85-79(128)58-25-22-32-105(58)80(129)51(16)101-75(124)48(13)98-72(121)45(10)95-69(118)42(7)92-66(115)40(5)91-68(117)43(8)94-71(120)46(11)97-74(123)49(14)100-78(127)56(24-19-21-31-82)103-60(109)35-84-77(126)57(102-52(17)106)33-53-26-28-54(107)29-27-53/h26-29,36-51,55-58,107H,18-25,30-35,81-82H2,1-17H3,(H2,83,110)(H,84,126)(H,85,128)(H,86,108)(H,87,111)(H,88,112)(H,89,113)(H,90,114)(H,91,117)(H,92,115)(H,93,116)(H,94,120)(H,95,118)(H,96,119)(H,97,123)(H,98,121)(H,99,122)(H,100,127)(H,101,124)(H,102,106)(H,103,109)(H,104,125)/t36-,37-,38-,39-,40-,41-,42-,43-,44-,45-,46-,47-,48-,49-,50-,51-,55-,56-,57-,58-/m0/s1. The first kappa shape index (κ1) is 112. The lowest BCUT2D eigenvalue weighted by atomic mass is 10.0. The van der Waals surface area contributed by atoms with Crippen LogP contribution in [0.2, 0.25) is 0 Å². The summed E-state index contributed by atoms with van der Waals surface area (Å²) in [5.74, 6) is -18.5. The number of carbonyl (C=O) groups excluding carboxylic acids is 23. The van der Waals surface area contributed by atoms with Gasteiger partial charge in [0.1, 0.15) is 127 Å². The van der Waals surface area contributed by atoms with Gasteiger partial charge in [0.15, 0.2) is 0 Å². The zero-order valence-electron chi connectivity index (χ0n) is 75.8. The lowest BCUT2D eigenvalue weighted by molar-refractivity contribution is -0.141. The zero-order valence-corrected chi connectivity index (χ0v) is 75.8. The molecule has 1 aromatic carbocycles. The normalized spacial score (nSPS) is 16.5. The summed E-state index contributed by atoms with van der Waals surface area (Å²) in [5, 5.41) is 60.4. The number of phenols is 1. The zero-order chi connectivity index (χ0) is 98.1. The molecule has 0 unspecified atom stereocenters. The quantitative estimate of drug-likeness (QED) is 0.0269. The van der Waals surface area contributed by atoms with Gasteiger partial charge in [0.25, 0.3) is 0 Å². The van der Waals surface area contributed by atoms with Gasteiger partial charge in [0.2, 0.25) is 136 Å². The van der Waals surface area contributed by atoms with Gasteiger partial charge in [-0.25, -0.2) is 0 Å². The Labute approximate surface area is 746 Å². The number of hydrogen-bond donors (Lipinski definition) is 25. The van der Waals surface area contributed by atoms with Gasteiger partial charge in [0, 0.05) is 19.9 Å². The molecule has 1 aliphatic heterocycles. The third kappa shape index (κ3) is 40.1. The molecule has 1 aliphatic rings. The number of nitrogens with zero attached hydrogens (tertiary/aromatic N) is 1. The van der Waals surface area contributed by atoms with Crippen molar-refractivity contribution in [2.75, 3.05) is 32.7 Å². The monoisotopic (exact) mass is 1830 g/mol. The molecule has 129 heavy (non-hydrogen) atoms. The Balaban J connectivity index is 1.80. The van der Waals surface area contributed by atoms with Gasteiger partial charge in [-0.2, -0.15) is 0 Å². The van der Waals surface area contributed by atoms with E-state index in [4.69, 9.17) is 17.2 Å². The number of amides is 23. The second-order valence-electron chi connectivity index (χ2n) is 31.6. The average Bonchev–Trinajstić information content (AvgIpc) is 1.69. The van der Waals surface area contributed by atoms with Gasteiger partial charge >= 0.3 is 0 Å². The number of benzene rings is 1. The van der Waals surface area contributed by atoms with Gasteiger partial charge in [-0.05, 0) is 193 Å². The highest BCUT2D eigenvalue weighted by atomic mass is 16.3. The highest BCUT2D eigenvalue weighted by molar-refractivity contribution is 6.02. The lowest BCUT2D eigenvalue weighted by Crippen LogP contribution is -2.58. The predicted octanol–water partition coefficient (Wildman–Crippen LogP) is -10.5. The SMILES string of the molecule is CC(=O)N[C@@H](Cc1ccc(O)cc1)C(=O)NCC(=O)N[C@@H](CCCCN)C(=O)N[C@@H](C)C(=O)N[C@@H](C)C(=O)N[C@@H](C)C(=O)N[C@@H](C)C(=O)N[C@@H](C)C(=O)N[C@@H](C)C(=O)N[C@@H](C)C(=O)N[C@@H](C)C(=O)N1CCC[C@H]1C(=O)NCC(=O)N[C@@H](C)C(=O)N[C@@H](C)C(=O)N[C@@H](C)C(=O)N[C@@H](C)C(=O)N[C@@H](C)C(=O)N[C@@H](C)C(=O)N[C@@H](C)C(=O)N[C@@H](C)C(=O)N[C@@H](CCCCN)C(N)=O. The number of carbonyl (C=O) groups is 23. The summed E-state index contributed by atoms with van der Waals surface area (Å²) in [6.45, 7) is 21.3. The maximum atomic E-state index is 13.7. The Hall–Kier alpha value is -13.2. The minimum atomic E-state index is -1.32. The summed E-state index contributed by atoms with van der Waals surface area (Å²) < 4.78 is 0. The molecule has 20 atom stereocenters. The van der Waals surface area contributed by atoms with Crippen molar-refractivity contribution >= 4 is 136 Å². The number of likely N-dealkylation sites (tertiary alicyclic amines) is 1. The largest absolute Gasteiger partial charge is 0.508 e. The molecule has 1 saturated heterocycles. The summed E-state index contributed by atoms with van der Waals surface area (Å²) in [5.41, 5.74) is 17.1. The number of aromatic hydroxyl groups is 1. The molecule has 1 heterocycles. The van der Waals surface area contributed by atoms with E-state index in [2.05, 4.69) is 112 Å². The summed E-state index contributed by atoms with van der Waals surface area (Å²) in [7, 11) is 0. The minimum absolute atomic E-state index is 0.0106. The molecule has 0 spiro atoms. The van der Waals surface area contributed by atoms with Gasteiger partial charge < -0.3 is 139 Å². The van der Waals surface area contributed by atoms with Crippen molar-refractivity contribution in [1.29, 1.82) is 0 Å². The molecule has 23 amide bonds. The fourth-order valence-corrected chi connectivity index (χ4v) is 11.9. The fourth-order valence-electron chi connectivity index (χ4n) is 11.9. The van der Waals surface area contributed by atoms with Crippen LogP contribution in [0.25, 0.3) is 0 Å². The van der Waals surface area contributed by atoms with Crippen molar-refractivity contribution in [3.05, 3.63) is 29.8 Å². The van der Waals surface area contributed by atoms with E-state index < -0.39 is 270 Å². The number of nitrogens with one attached hydrogen (secondary N) is 21. The Morgan fingerprint density at radius 2 is 0.597 bits per heavy atom. The molecular weight excluding hydrogens is 1700 g/mol. The minimum Gasteiger partial charge on any atom is -0.508 e. The Morgan fingerprint density at radius 1 is 0.326 bits per heavy atom. The molecule has 49 heteroatoms. The van der Waals surface area contributed by atoms with Crippen LogP contribution >= 0.6 is 0 Å². The van der Waals surface area contributed by atoms with Crippen molar-refractivity contribution < 1.29 is 115 Å². The van der Waals surface area contributed by atoms with E-state index in [-0.39, 0.29) is 44.5 Å². The lowest BCUT2D eigenvalue weighted by Gasteiger charge is -2.28. The van der Waals surface area contributed by atoms with Crippen molar-refractivity contribution in [3.8, 4) is 5.75 Å². The van der Waals surface area contributed by atoms with Crippen LogP contribution in [-0.4, -0.2) is 299 Å². The van der Waals surface area contributed by atoms with E-state index in [1.165, 1.54) is 135 Å². The number of rotatable bonds is 53. The molecule has 49 nitrogen and oxygen atoms in total. The molecule has 0 bridgehead atoms. The van der Waals surface area contributed by atoms with Crippen LogP contribution in [0.3, 0.4) is 0 Å². The van der Waals surface area contributed by atoms with Crippen molar-refractivity contribution in [2.45, 2.75) is 296 Å². The first-order valence-corrected chi connectivity index (χ1v) is 42.3. The van der Waals surface area contributed by atoms with Crippen LogP contribution in [0.4, 0.5) is 0 Å². The molecule has 1 aromatic rings. The number of primary amides is 1. The number of nitrogens with two attached hydrogens (primary N) is 3. The Kier molecular flexibility index (Phi) is 48.0. The van der Waals surface area contributed by atoms with E-state index in [1.54, 1.807) is 12.1 Å². The first-order valence-electron chi connectivity index (χ1n) is 42.3. The molecule has 28 N–H and O–H groups in total. The summed E-state index contributed by atoms with van der Waals surface area (Å²) in [6.07, 6.45) is 2.80. The maximum Gasteiger partial charge on any atom is 0.245 e. The summed E-state index contributed by atoms with van der Waals surface area (Å²) in [6, 6.07) is -19.0. The number of hydrogen-bond acceptors (Lipinski definition) is 26. The maximum absolute atomic E-state index is 13.7. The van der Waals surface area contributed by atoms with E-state index >= 15 is 0 Å².